The van der Waals surface area contributed by atoms with E-state index in [2.05, 4.69) is 5.32 Å². The molecule has 1 aromatic rings. The summed E-state index contributed by atoms with van der Waals surface area (Å²) in [6.07, 6.45) is 1.41. The van der Waals surface area contributed by atoms with Crippen LogP contribution in [0, 0.1) is 0 Å². The van der Waals surface area contributed by atoms with Crippen LogP contribution in [0.15, 0.2) is 29.8 Å². The molecule has 0 bridgehead atoms. The standard InChI is InChI=1S/C12H10N2O3S/c1-14-11(17)9(10(16)13-12(14)18)6-7-3-2-4-8(15)5-7/h2-6,15H,1H3,(H,13,16,18). The summed E-state index contributed by atoms with van der Waals surface area (Å²) in [5.41, 5.74) is 0.548. The van der Waals surface area contributed by atoms with Crippen LogP contribution in [-0.2, 0) is 9.59 Å². The molecule has 0 atom stereocenters. The Morgan fingerprint density at radius 1 is 1.39 bits per heavy atom. The van der Waals surface area contributed by atoms with Gasteiger partial charge in [-0.15, -0.1) is 0 Å². The van der Waals surface area contributed by atoms with Crippen LogP contribution in [0.2, 0.25) is 0 Å². The number of hydrogen-bond acceptors (Lipinski definition) is 4. The summed E-state index contributed by atoms with van der Waals surface area (Å²) in [7, 11) is 1.49. The Kier molecular flexibility index (Phi) is 3.12. The molecule has 1 heterocycles. The molecule has 1 fully saturated rings. The van der Waals surface area contributed by atoms with Gasteiger partial charge in [0.05, 0.1) is 0 Å². The number of nitrogens with zero attached hydrogens (tertiary/aromatic N) is 1. The minimum atomic E-state index is -0.536. The zero-order valence-corrected chi connectivity index (χ0v) is 10.3. The van der Waals surface area contributed by atoms with Gasteiger partial charge in [0.2, 0.25) is 0 Å². The summed E-state index contributed by atoms with van der Waals surface area (Å²) in [6, 6.07) is 6.27. The summed E-state index contributed by atoms with van der Waals surface area (Å²) in [5.74, 6) is -0.935. The molecule has 0 aromatic heterocycles. The quantitative estimate of drug-likeness (QED) is 0.443. The van der Waals surface area contributed by atoms with Crippen LogP contribution in [0.3, 0.4) is 0 Å². The molecule has 0 saturated carbocycles. The first kappa shape index (κ1) is 12.3. The van der Waals surface area contributed by atoms with Crippen LogP contribution in [-0.4, -0.2) is 34.0 Å². The van der Waals surface area contributed by atoms with Crippen LogP contribution in [0.5, 0.6) is 5.75 Å². The highest BCUT2D eigenvalue weighted by Gasteiger charge is 2.30. The van der Waals surface area contributed by atoms with Crippen LogP contribution in [0.25, 0.3) is 6.08 Å². The lowest BCUT2D eigenvalue weighted by molar-refractivity contribution is -0.128. The summed E-state index contributed by atoms with van der Waals surface area (Å²) in [4.78, 5) is 24.7. The molecule has 0 aliphatic carbocycles. The van der Waals surface area contributed by atoms with Crippen LogP contribution >= 0.6 is 12.2 Å². The number of phenolic OH excluding ortho intramolecular Hbond substituents is 1. The lowest BCUT2D eigenvalue weighted by Crippen LogP contribution is -2.52. The number of hydrogen-bond donors (Lipinski definition) is 2. The summed E-state index contributed by atoms with van der Waals surface area (Å²) < 4.78 is 0. The topological polar surface area (TPSA) is 69.6 Å². The molecule has 18 heavy (non-hydrogen) atoms. The predicted molar refractivity (Wildman–Crippen MR) is 69.6 cm³/mol. The van der Waals surface area contributed by atoms with Crippen molar-refractivity contribution in [2.75, 3.05) is 7.05 Å². The molecule has 92 valence electrons. The molecule has 5 nitrogen and oxygen atoms in total. The third kappa shape index (κ3) is 2.23. The van der Waals surface area contributed by atoms with Crippen molar-refractivity contribution in [3.8, 4) is 5.75 Å². The van der Waals surface area contributed by atoms with E-state index in [0.29, 0.717) is 5.56 Å². The number of rotatable bonds is 1. The van der Waals surface area contributed by atoms with Crippen molar-refractivity contribution in [3.05, 3.63) is 35.4 Å². The molecule has 1 aromatic carbocycles. The molecular formula is C12H10N2O3S. The molecule has 1 aliphatic rings. The summed E-state index contributed by atoms with van der Waals surface area (Å²) >= 11 is 4.83. The van der Waals surface area contributed by atoms with Crippen molar-refractivity contribution in [2.45, 2.75) is 0 Å². The third-order valence-corrected chi connectivity index (χ3v) is 2.86. The smallest absolute Gasteiger partial charge is 0.265 e. The first-order valence-electron chi connectivity index (χ1n) is 5.13. The highest BCUT2D eigenvalue weighted by Crippen LogP contribution is 2.16. The predicted octanol–water partition coefficient (Wildman–Crippen LogP) is 0.649. The van der Waals surface area contributed by atoms with Gasteiger partial charge in [-0.05, 0) is 36.0 Å². The maximum Gasteiger partial charge on any atom is 0.265 e. The van der Waals surface area contributed by atoms with Crippen LogP contribution in [0.4, 0.5) is 0 Å². The Balaban J connectivity index is 2.40. The third-order valence-electron chi connectivity index (χ3n) is 2.49. The summed E-state index contributed by atoms with van der Waals surface area (Å²) in [6.45, 7) is 0. The lowest BCUT2D eigenvalue weighted by atomic mass is 10.1. The van der Waals surface area contributed by atoms with Gasteiger partial charge in [-0.2, -0.15) is 0 Å². The largest absolute Gasteiger partial charge is 0.508 e. The first-order chi connectivity index (χ1) is 8.49. The number of carbonyl (C=O) groups is 2. The number of nitrogens with one attached hydrogen (secondary N) is 1. The van der Waals surface area contributed by atoms with E-state index in [1.54, 1.807) is 12.1 Å². The normalized spacial score (nSPS) is 18.2. The van der Waals surface area contributed by atoms with E-state index >= 15 is 0 Å². The summed E-state index contributed by atoms with van der Waals surface area (Å²) in [5, 5.41) is 11.8. The van der Waals surface area contributed by atoms with Gasteiger partial charge in [0.15, 0.2) is 5.11 Å². The van der Waals surface area contributed by atoms with Gasteiger partial charge in [0, 0.05) is 7.05 Å². The maximum atomic E-state index is 11.9. The van der Waals surface area contributed by atoms with Crippen molar-refractivity contribution in [1.29, 1.82) is 0 Å². The van der Waals surface area contributed by atoms with E-state index < -0.39 is 11.8 Å². The van der Waals surface area contributed by atoms with Crippen molar-refractivity contribution in [2.24, 2.45) is 0 Å². The van der Waals surface area contributed by atoms with Gasteiger partial charge in [-0.3, -0.25) is 19.8 Å². The number of benzene rings is 1. The Morgan fingerprint density at radius 3 is 2.78 bits per heavy atom. The Bertz CT molecular complexity index is 580. The zero-order valence-electron chi connectivity index (χ0n) is 9.51. The highest BCUT2D eigenvalue weighted by molar-refractivity contribution is 7.80. The van der Waals surface area contributed by atoms with E-state index in [-0.39, 0.29) is 16.4 Å². The number of thiocarbonyl (C=S) groups is 1. The SMILES string of the molecule is CN1C(=O)C(=Cc2cccc(O)c2)C(=O)NC1=S. The van der Waals surface area contributed by atoms with E-state index in [0.717, 1.165) is 0 Å². The van der Waals surface area contributed by atoms with Crippen molar-refractivity contribution in [3.63, 3.8) is 0 Å². The number of amides is 2. The Morgan fingerprint density at radius 2 is 2.11 bits per heavy atom. The van der Waals surface area contributed by atoms with Crippen molar-refractivity contribution >= 4 is 35.2 Å². The van der Waals surface area contributed by atoms with Gasteiger partial charge >= 0.3 is 0 Å². The van der Waals surface area contributed by atoms with E-state index in [4.69, 9.17) is 12.2 Å². The molecule has 0 radical (unpaired) electrons. The molecule has 2 N–H and O–H groups in total. The van der Waals surface area contributed by atoms with Gasteiger partial charge in [0.1, 0.15) is 11.3 Å². The second kappa shape index (κ2) is 4.58. The molecule has 1 aliphatic heterocycles. The fourth-order valence-corrected chi connectivity index (χ4v) is 1.70. The van der Waals surface area contributed by atoms with Gasteiger partial charge in [-0.25, -0.2) is 0 Å². The molecular weight excluding hydrogens is 252 g/mol. The average molecular weight is 262 g/mol. The van der Waals surface area contributed by atoms with E-state index in [9.17, 15) is 14.7 Å². The highest BCUT2D eigenvalue weighted by atomic mass is 32.1. The number of likely N-dealkylation sites (N-methyl/N-ethyl adjacent to an activating group) is 1. The van der Waals surface area contributed by atoms with E-state index in [1.807, 2.05) is 0 Å². The van der Waals surface area contributed by atoms with Gasteiger partial charge in [0.25, 0.3) is 11.8 Å². The second-order valence-electron chi connectivity index (χ2n) is 3.78. The Labute approximate surface area is 109 Å². The van der Waals surface area contributed by atoms with Crippen molar-refractivity contribution < 1.29 is 14.7 Å². The Hall–Kier alpha value is -2.21. The lowest BCUT2D eigenvalue weighted by Gasteiger charge is -2.24. The molecule has 1 saturated heterocycles. The number of phenols is 1. The number of aromatic hydroxyl groups is 1. The van der Waals surface area contributed by atoms with Crippen molar-refractivity contribution in [1.82, 2.24) is 10.2 Å². The van der Waals surface area contributed by atoms with Gasteiger partial charge < -0.3 is 5.11 Å². The molecule has 6 heteroatoms. The molecule has 2 rings (SSSR count). The first-order valence-corrected chi connectivity index (χ1v) is 5.54. The van der Waals surface area contributed by atoms with E-state index in [1.165, 1.54) is 30.2 Å². The second-order valence-corrected chi connectivity index (χ2v) is 4.16. The average Bonchev–Trinajstić information content (AvgIpc) is 2.32. The molecule has 0 spiro atoms. The molecule has 0 unspecified atom stereocenters. The van der Waals surface area contributed by atoms with Crippen LogP contribution < -0.4 is 5.32 Å². The molecule has 2 amide bonds. The zero-order chi connectivity index (χ0) is 13.3. The monoisotopic (exact) mass is 262 g/mol. The fraction of sp³-hybridized carbons (Fsp3) is 0.0833. The minimum Gasteiger partial charge on any atom is -0.508 e. The van der Waals surface area contributed by atoms with Gasteiger partial charge in [-0.1, -0.05) is 12.1 Å². The fourth-order valence-electron chi connectivity index (χ4n) is 1.53. The van der Waals surface area contributed by atoms with Crippen LogP contribution in [0.1, 0.15) is 5.56 Å². The number of carbonyl (C=O) groups excluding carboxylic acids is 2. The maximum absolute atomic E-state index is 11.9. The minimum absolute atomic E-state index is 0.0169.